The Morgan fingerprint density at radius 3 is 2.38 bits per heavy atom. The van der Waals surface area contributed by atoms with Crippen molar-refractivity contribution in [3.63, 3.8) is 0 Å². The molecular weight excluding hydrogens is 379 g/mol. The summed E-state index contributed by atoms with van der Waals surface area (Å²) in [5, 5.41) is 10.7. The quantitative estimate of drug-likeness (QED) is 0.343. The van der Waals surface area contributed by atoms with Crippen molar-refractivity contribution in [2.75, 3.05) is 6.54 Å². The Kier molecular flexibility index (Phi) is 6.78. The highest BCUT2D eigenvalue weighted by molar-refractivity contribution is 5.93. The zero-order valence-electron chi connectivity index (χ0n) is 16.9. The smallest absolute Gasteiger partial charge is 0.285 e. The maximum absolute atomic E-state index is 12.7. The lowest BCUT2D eigenvalue weighted by Crippen LogP contribution is -2.36. The Hall–Kier alpha value is -2.34. The van der Waals surface area contributed by atoms with Crippen molar-refractivity contribution in [3.8, 4) is 0 Å². The summed E-state index contributed by atoms with van der Waals surface area (Å²) in [4.78, 5) is 12.4. The summed E-state index contributed by atoms with van der Waals surface area (Å²) in [6, 6.07) is 3.77. The highest BCUT2D eigenvalue weighted by Gasteiger charge is 2.39. The first-order valence-electron chi connectivity index (χ1n) is 9.53. The molecule has 0 aliphatic heterocycles. The first-order valence-corrected chi connectivity index (χ1v) is 9.53. The molecule has 0 heterocycles. The maximum atomic E-state index is 12.7. The van der Waals surface area contributed by atoms with Gasteiger partial charge in [0, 0.05) is 5.56 Å². The second-order valence-corrected chi connectivity index (χ2v) is 8.18. The van der Waals surface area contributed by atoms with Crippen molar-refractivity contribution in [2.45, 2.75) is 39.3 Å². The molecule has 1 aromatic rings. The molecule has 1 amide bonds. The maximum Gasteiger partial charge on any atom is 0.416 e. The van der Waals surface area contributed by atoms with E-state index in [-0.39, 0.29) is 29.4 Å². The number of hydroxylamine groups is 2. The van der Waals surface area contributed by atoms with Gasteiger partial charge in [0.25, 0.3) is 5.91 Å². The average molecular weight is 407 g/mol. The second-order valence-electron chi connectivity index (χ2n) is 8.18. The van der Waals surface area contributed by atoms with Gasteiger partial charge in [-0.15, -0.1) is 6.58 Å². The van der Waals surface area contributed by atoms with Gasteiger partial charge in [-0.1, -0.05) is 37.3 Å². The fourth-order valence-corrected chi connectivity index (χ4v) is 4.05. The molecule has 0 radical (unpaired) electrons. The monoisotopic (exact) mass is 407 g/mol. The number of rotatable bonds is 6. The molecule has 0 bridgehead atoms. The SMILES string of the molecule is C=C[C@]1(C)CC[C@@H](C(=C)CN(O)C(=O)c2ccc(C(F)(F)F)cc2)C[C@H]1C(=C)C. The lowest BCUT2D eigenvalue weighted by atomic mass is 9.61. The van der Waals surface area contributed by atoms with Crippen LogP contribution in [0.4, 0.5) is 13.2 Å². The van der Waals surface area contributed by atoms with E-state index in [2.05, 4.69) is 26.7 Å². The van der Waals surface area contributed by atoms with E-state index in [9.17, 15) is 23.2 Å². The second kappa shape index (κ2) is 8.57. The lowest BCUT2D eigenvalue weighted by molar-refractivity contribution is -0.137. The van der Waals surface area contributed by atoms with Gasteiger partial charge in [0.05, 0.1) is 12.1 Å². The predicted octanol–water partition coefficient (Wildman–Crippen LogP) is 6.28. The van der Waals surface area contributed by atoms with Crippen LogP contribution in [0.5, 0.6) is 0 Å². The van der Waals surface area contributed by atoms with Crippen LogP contribution in [-0.4, -0.2) is 22.7 Å². The minimum absolute atomic E-state index is 0.0176. The molecule has 0 aromatic heterocycles. The number of benzene rings is 1. The van der Waals surface area contributed by atoms with Crippen LogP contribution in [0.1, 0.15) is 49.0 Å². The largest absolute Gasteiger partial charge is 0.416 e. The molecule has 1 aliphatic rings. The molecule has 2 rings (SSSR count). The van der Waals surface area contributed by atoms with E-state index in [0.29, 0.717) is 10.6 Å². The predicted molar refractivity (Wildman–Crippen MR) is 107 cm³/mol. The Labute approximate surface area is 170 Å². The number of hydrogen-bond donors (Lipinski definition) is 1. The van der Waals surface area contributed by atoms with E-state index in [4.69, 9.17) is 0 Å². The van der Waals surface area contributed by atoms with Crippen LogP contribution in [-0.2, 0) is 6.18 Å². The summed E-state index contributed by atoms with van der Waals surface area (Å²) >= 11 is 0. The summed E-state index contributed by atoms with van der Waals surface area (Å²) < 4.78 is 38.0. The summed E-state index contributed by atoms with van der Waals surface area (Å²) in [5.74, 6) is -0.420. The molecule has 3 atom stereocenters. The molecule has 1 aromatic carbocycles. The van der Waals surface area contributed by atoms with Gasteiger partial charge in [-0.25, -0.2) is 5.06 Å². The minimum atomic E-state index is -4.48. The van der Waals surface area contributed by atoms with E-state index in [1.807, 2.05) is 13.0 Å². The summed E-state index contributed by atoms with van der Waals surface area (Å²) in [6.45, 7) is 16.2. The van der Waals surface area contributed by atoms with Crippen LogP contribution in [0.25, 0.3) is 0 Å². The first kappa shape index (κ1) is 22.9. The zero-order valence-corrected chi connectivity index (χ0v) is 16.9. The van der Waals surface area contributed by atoms with E-state index >= 15 is 0 Å². The van der Waals surface area contributed by atoms with Crippen molar-refractivity contribution in [1.29, 1.82) is 0 Å². The Morgan fingerprint density at radius 1 is 1.31 bits per heavy atom. The van der Waals surface area contributed by atoms with Crippen LogP contribution in [0.2, 0.25) is 0 Å². The standard InChI is InChI=1S/C23H28F3NO2/c1-6-22(5)12-11-18(13-20(22)15(2)3)16(4)14-27(29)21(28)17-7-9-19(10-8-17)23(24,25)26/h6-10,18,20,29H,1-2,4,11-14H2,3,5H3/t18-,20+,22-/m1/s1. The summed E-state index contributed by atoms with van der Waals surface area (Å²) in [5.41, 5.74) is 0.867. The van der Waals surface area contributed by atoms with Gasteiger partial charge < -0.3 is 0 Å². The van der Waals surface area contributed by atoms with Crippen molar-refractivity contribution < 1.29 is 23.2 Å². The molecule has 1 aliphatic carbocycles. The third-order valence-electron chi connectivity index (χ3n) is 6.03. The van der Waals surface area contributed by atoms with Crippen molar-refractivity contribution in [3.05, 3.63) is 72.4 Å². The highest BCUT2D eigenvalue weighted by Crippen LogP contribution is 2.48. The average Bonchev–Trinajstić information content (AvgIpc) is 2.66. The highest BCUT2D eigenvalue weighted by atomic mass is 19.4. The van der Waals surface area contributed by atoms with Gasteiger partial charge in [0.2, 0.25) is 0 Å². The molecule has 3 nitrogen and oxygen atoms in total. The van der Waals surface area contributed by atoms with Crippen molar-refractivity contribution in [1.82, 2.24) is 5.06 Å². The Morgan fingerprint density at radius 2 is 1.90 bits per heavy atom. The molecule has 1 fully saturated rings. The van der Waals surface area contributed by atoms with Crippen LogP contribution >= 0.6 is 0 Å². The molecule has 0 unspecified atom stereocenters. The van der Waals surface area contributed by atoms with Gasteiger partial charge in [-0.05, 0) is 67.7 Å². The molecular formula is C23H28F3NO2. The van der Waals surface area contributed by atoms with E-state index < -0.39 is 17.6 Å². The topological polar surface area (TPSA) is 40.5 Å². The van der Waals surface area contributed by atoms with Crippen molar-refractivity contribution >= 4 is 5.91 Å². The third kappa shape index (κ3) is 5.18. The van der Waals surface area contributed by atoms with Gasteiger partial charge in [0.15, 0.2) is 0 Å². The van der Waals surface area contributed by atoms with Crippen LogP contribution in [0.3, 0.4) is 0 Å². The lowest BCUT2D eigenvalue weighted by Gasteiger charge is -2.44. The van der Waals surface area contributed by atoms with Gasteiger partial charge >= 0.3 is 6.18 Å². The normalized spacial score (nSPS) is 24.6. The molecule has 1 N–H and O–H groups in total. The van der Waals surface area contributed by atoms with Crippen LogP contribution < -0.4 is 0 Å². The summed E-state index contributed by atoms with van der Waals surface area (Å²) in [6.07, 6.45) is 0.0513. The first-order chi connectivity index (χ1) is 13.4. The van der Waals surface area contributed by atoms with Gasteiger partial charge in [-0.3, -0.25) is 10.0 Å². The van der Waals surface area contributed by atoms with E-state index in [0.717, 1.165) is 49.1 Å². The molecule has 29 heavy (non-hydrogen) atoms. The third-order valence-corrected chi connectivity index (χ3v) is 6.03. The number of carbonyl (C=O) groups excluding carboxylic acids is 1. The number of allylic oxidation sites excluding steroid dienone is 2. The van der Waals surface area contributed by atoms with E-state index in [1.54, 1.807) is 0 Å². The van der Waals surface area contributed by atoms with E-state index in [1.165, 1.54) is 0 Å². The molecule has 158 valence electrons. The fourth-order valence-electron chi connectivity index (χ4n) is 4.05. The molecule has 1 saturated carbocycles. The van der Waals surface area contributed by atoms with Gasteiger partial charge in [-0.2, -0.15) is 13.2 Å². The zero-order chi connectivity index (χ0) is 22.0. The van der Waals surface area contributed by atoms with Crippen LogP contribution in [0.15, 0.2) is 61.2 Å². The number of nitrogens with zero attached hydrogens (tertiary/aromatic N) is 1. The fraction of sp³-hybridized carbons (Fsp3) is 0.435. The summed E-state index contributed by atoms with van der Waals surface area (Å²) in [7, 11) is 0. The number of hydrogen-bond acceptors (Lipinski definition) is 2. The van der Waals surface area contributed by atoms with Crippen molar-refractivity contribution in [2.24, 2.45) is 17.3 Å². The Balaban J connectivity index is 2.04. The molecule has 0 spiro atoms. The number of alkyl halides is 3. The molecule has 0 saturated heterocycles. The van der Waals surface area contributed by atoms with Gasteiger partial charge in [0.1, 0.15) is 0 Å². The molecule has 6 heteroatoms. The minimum Gasteiger partial charge on any atom is -0.285 e. The number of halogens is 3. The number of carbonyl (C=O) groups is 1. The Bertz CT molecular complexity index is 797. The number of amides is 1. The van der Waals surface area contributed by atoms with Crippen LogP contribution in [0, 0.1) is 17.3 Å².